The van der Waals surface area contributed by atoms with Crippen molar-refractivity contribution in [2.75, 3.05) is 6.61 Å². The van der Waals surface area contributed by atoms with E-state index >= 15 is 0 Å². The Kier molecular flexibility index (Phi) is 6.30. The quantitative estimate of drug-likeness (QED) is 0.545. The van der Waals surface area contributed by atoms with E-state index < -0.39 is 33.1 Å². The van der Waals surface area contributed by atoms with Crippen LogP contribution in [0.4, 0.5) is 8.78 Å². The average Bonchev–Trinajstić information content (AvgIpc) is 3.27. The maximum absolute atomic E-state index is 14.6. The van der Waals surface area contributed by atoms with Gasteiger partial charge in [0.1, 0.15) is 22.9 Å². The molecule has 0 atom stereocenters. The van der Waals surface area contributed by atoms with Crippen LogP contribution in [0.1, 0.15) is 36.0 Å². The summed E-state index contributed by atoms with van der Waals surface area (Å²) in [5.41, 5.74) is -0.725. The third-order valence-corrected chi connectivity index (χ3v) is 7.10. The molecular formula is C22H19ClF2N2O4S. The van der Waals surface area contributed by atoms with Crippen molar-refractivity contribution in [2.45, 2.75) is 30.6 Å². The van der Waals surface area contributed by atoms with Crippen molar-refractivity contribution < 1.29 is 26.7 Å². The van der Waals surface area contributed by atoms with Crippen LogP contribution in [0, 0.1) is 17.6 Å². The SMILES string of the molecule is O=C(NS(=O)(=O)c1ccc(F)c2ncccc12)c1cc(Cl)c(OCC2CCCC2)cc1F. The number of fused-ring (bicyclic) bond motifs is 1. The first-order chi connectivity index (χ1) is 15.3. The number of nitrogens with one attached hydrogen (secondary N) is 1. The smallest absolute Gasteiger partial charge is 0.268 e. The van der Waals surface area contributed by atoms with E-state index in [1.165, 1.54) is 18.3 Å². The number of carbonyl (C=O) groups is 1. The molecule has 2 aromatic carbocycles. The van der Waals surface area contributed by atoms with E-state index in [0.29, 0.717) is 12.5 Å². The predicted octanol–water partition coefficient (Wildman–Crippen LogP) is 4.85. The molecule has 0 aliphatic heterocycles. The van der Waals surface area contributed by atoms with Crippen molar-refractivity contribution in [1.29, 1.82) is 0 Å². The number of carbonyl (C=O) groups excluding carboxylic acids is 1. The lowest BCUT2D eigenvalue weighted by Crippen LogP contribution is -2.31. The van der Waals surface area contributed by atoms with E-state index in [4.69, 9.17) is 16.3 Å². The van der Waals surface area contributed by atoms with Crippen LogP contribution in [0.2, 0.25) is 5.02 Å². The van der Waals surface area contributed by atoms with Gasteiger partial charge in [0.15, 0.2) is 0 Å². The van der Waals surface area contributed by atoms with Gasteiger partial charge in [0.2, 0.25) is 0 Å². The fraction of sp³-hybridized carbons (Fsp3) is 0.273. The Balaban J connectivity index is 1.57. The second-order valence-corrected chi connectivity index (χ2v) is 9.66. The van der Waals surface area contributed by atoms with Gasteiger partial charge in [-0.15, -0.1) is 0 Å². The van der Waals surface area contributed by atoms with E-state index in [1.54, 1.807) is 0 Å². The largest absolute Gasteiger partial charge is 0.492 e. The van der Waals surface area contributed by atoms with E-state index in [2.05, 4.69) is 4.98 Å². The topological polar surface area (TPSA) is 85.4 Å². The van der Waals surface area contributed by atoms with Crippen molar-refractivity contribution in [1.82, 2.24) is 9.71 Å². The molecule has 168 valence electrons. The van der Waals surface area contributed by atoms with E-state index in [1.807, 2.05) is 4.72 Å². The summed E-state index contributed by atoms with van der Waals surface area (Å²) in [6.45, 7) is 0.394. The zero-order valence-electron chi connectivity index (χ0n) is 16.8. The van der Waals surface area contributed by atoms with Crippen LogP contribution < -0.4 is 9.46 Å². The minimum atomic E-state index is -4.46. The molecule has 0 bridgehead atoms. The fourth-order valence-corrected chi connectivity index (χ4v) is 5.16. The first-order valence-electron chi connectivity index (χ1n) is 9.98. The summed E-state index contributed by atoms with van der Waals surface area (Å²) in [7, 11) is -4.46. The summed E-state index contributed by atoms with van der Waals surface area (Å²) in [4.78, 5) is 16.0. The summed E-state index contributed by atoms with van der Waals surface area (Å²) < 4.78 is 61.6. The molecule has 0 radical (unpaired) electrons. The molecule has 0 saturated heterocycles. The number of rotatable bonds is 6. The third-order valence-electron chi connectivity index (χ3n) is 5.41. The molecule has 6 nitrogen and oxygen atoms in total. The Morgan fingerprint density at radius 1 is 1.16 bits per heavy atom. The molecule has 1 aliphatic carbocycles. The first kappa shape index (κ1) is 22.4. The van der Waals surface area contributed by atoms with Crippen LogP contribution in [0.5, 0.6) is 5.75 Å². The molecule has 1 aromatic heterocycles. The standard InChI is InChI=1S/C22H19ClF2N2O4S/c23-16-10-15(18(25)11-19(16)31-12-13-4-1-2-5-13)22(28)27-32(29,30)20-8-7-17(24)21-14(20)6-3-9-26-21/h3,6-11,13H,1-2,4-5,12H2,(H,27,28). The molecule has 32 heavy (non-hydrogen) atoms. The first-order valence-corrected chi connectivity index (χ1v) is 11.8. The number of halogens is 3. The molecule has 0 spiro atoms. The maximum Gasteiger partial charge on any atom is 0.268 e. The van der Waals surface area contributed by atoms with Crippen molar-refractivity contribution in [2.24, 2.45) is 5.92 Å². The van der Waals surface area contributed by atoms with E-state index in [-0.39, 0.29) is 26.6 Å². The monoisotopic (exact) mass is 480 g/mol. The normalized spacial score (nSPS) is 14.6. The van der Waals surface area contributed by atoms with Crippen molar-refractivity contribution in [3.63, 3.8) is 0 Å². The van der Waals surface area contributed by atoms with Crippen molar-refractivity contribution >= 4 is 38.4 Å². The Hall–Kier alpha value is -2.78. The number of aromatic nitrogens is 1. The lowest BCUT2D eigenvalue weighted by atomic mass is 10.1. The van der Waals surface area contributed by atoms with Gasteiger partial charge in [0, 0.05) is 17.6 Å². The van der Waals surface area contributed by atoms with Crippen LogP contribution in [-0.2, 0) is 10.0 Å². The minimum Gasteiger partial charge on any atom is -0.492 e. The molecular weight excluding hydrogens is 462 g/mol. The maximum atomic E-state index is 14.6. The van der Waals surface area contributed by atoms with Crippen LogP contribution in [0.3, 0.4) is 0 Å². The summed E-state index contributed by atoms with van der Waals surface area (Å²) in [6, 6.07) is 6.73. The van der Waals surface area contributed by atoms with E-state index in [0.717, 1.165) is 49.9 Å². The number of sulfonamides is 1. The average molecular weight is 481 g/mol. The highest BCUT2D eigenvalue weighted by Crippen LogP contribution is 2.31. The number of pyridine rings is 1. The van der Waals surface area contributed by atoms with Crippen LogP contribution in [-0.4, -0.2) is 25.9 Å². The third kappa shape index (κ3) is 4.54. The molecule has 0 unspecified atom stereocenters. The Labute approximate surface area is 188 Å². The molecule has 3 aromatic rings. The van der Waals surface area contributed by atoms with Gasteiger partial charge < -0.3 is 4.74 Å². The molecule has 1 fully saturated rings. The van der Waals surface area contributed by atoms with Gasteiger partial charge in [-0.3, -0.25) is 9.78 Å². The van der Waals surface area contributed by atoms with Gasteiger partial charge in [-0.1, -0.05) is 24.4 Å². The fourth-order valence-electron chi connectivity index (χ4n) is 3.78. The zero-order valence-corrected chi connectivity index (χ0v) is 18.3. The van der Waals surface area contributed by atoms with Gasteiger partial charge in [-0.2, -0.15) is 0 Å². The second-order valence-electron chi connectivity index (χ2n) is 7.60. The van der Waals surface area contributed by atoms with Gasteiger partial charge in [-0.25, -0.2) is 21.9 Å². The van der Waals surface area contributed by atoms with Crippen molar-refractivity contribution in [3.05, 3.63) is 64.8 Å². The summed E-state index contributed by atoms with van der Waals surface area (Å²) >= 11 is 6.14. The second kappa shape index (κ2) is 8.99. The zero-order chi connectivity index (χ0) is 22.9. The number of nitrogens with zero attached hydrogens (tertiary/aromatic N) is 1. The van der Waals surface area contributed by atoms with Crippen molar-refractivity contribution in [3.8, 4) is 5.75 Å². The molecule has 1 amide bonds. The van der Waals surface area contributed by atoms with Crippen LogP contribution in [0.25, 0.3) is 10.9 Å². The Bertz CT molecular complexity index is 1290. The molecule has 4 rings (SSSR count). The number of hydrogen-bond acceptors (Lipinski definition) is 5. The van der Waals surface area contributed by atoms with Crippen LogP contribution in [0.15, 0.2) is 47.5 Å². The molecule has 1 aliphatic rings. The number of hydrogen-bond donors (Lipinski definition) is 1. The Morgan fingerprint density at radius 3 is 2.66 bits per heavy atom. The molecule has 1 N–H and O–H groups in total. The molecule has 1 saturated carbocycles. The van der Waals surface area contributed by atoms with E-state index in [9.17, 15) is 22.0 Å². The number of amides is 1. The highest BCUT2D eigenvalue weighted by molar-refractivity contribution is 7.90. The van der Waals surface area contributed by atoms with Gasteiger partial charge >= 0.3 is 0 Å². The lowest BCUT2D eigenvalue weighted by molar-refractivity contribution is 0.0977. The lowest BCUT2D eigenvalue weighted by Gasteiger charge is -2.14. The summed E-state index contributed by atoms with van der Waals surface area (Å²) in [5.74, 6) is -2.44. The minimum absolute atomic E-state index is 0.0108. The Morgan fingerprint density at radius 2 is 1.91 bits per heavy atom. The van der Waals surface area contributed by atoms with Gasteiger partial charge in [0.05, 0.1) is 22.1 Å². The van der Waals surface area contributed by atoms with Crippen LogP contribution >= 0.6 is 11.6 Å². The number of benzene rings is 2. The predicted molar refractivity (Wildman–Crippen MR) is 115 cm³/mol. The highest BCUT2D eigenvalue weighted by Gasteiger charge is 2.25. The summed E-state index contributed by atoms with van der Waals surface area (Å²) in [6.07, 6.45) is 5.64. The molecule has 1 heterocycles. The molecule has 10 heteroatoms. The van der Waals surface area contributed by atoms with Gasteiger partial charge in [-0.05, 0) is 49.1 Å². The highest BCUT2D eigenvalue weighted by atomic mass is 35.5. The number of ether oxygens (including phenoxy) is 1. The summed E-state index contributed by atoms with van der Waals surface area (Å²) in [5, 5.41) is -0.0228. The van der Waals surface area contributed by atoms with Gasteiger partial charge in [0.25, 0.3) is 15.9 Å².